The van der Waals surface area contributed by atoms with Crippen LogP contribution in [0.15, 0.2) is 70.1 Å². The maximum absolute atomic E-state index is 12.5. The first-order valence-electron chi connectivity index (χ1n) is 13.6. The molecule has 2 heterocycles. The van der Waals surface area contributed by atoms with Crippen LogP contribution in [0.4, 0.5) is 5.69 Å². The number of amides is 2. The van der Waals surface area contributed by atoms with E-state index in [0.717, 1.165) is 61.7 Å². The minimum Gasteiger partial charge on any atom is -0.451 e. The van der Waals surface area contributed by atoms with Crippen molar-refractivity contribution in [1.82, 2.24) is 16.0 Å². The highest BCUT2D eigenvalue weighted by Gasteiger charge is 2.13. The van der Waals surface area contributed by atoms with E-state index in [4.69, 9.17) is 27.6 Å². The molecule has 3 N–H and O–H groups in total. The first-order valence-corrected chi connectivity index (χ1v) is 14.6. The number of hydrogen-bond acceptors (Lipinski definition) is 6. The molecule has 2 aromatic carbocycles. The van der Waals surface area contributed by atoms with Gasteiger partial charge in [-0.25, -0.2) is 0 Å². The molecule has 40 heavy (non-hydrogen) atoms. The summed E-state index contributed by atoms with van der Waals surface area (Å²) in [5, 5.41) is 8.89. The Kier molecular flexibility index (Phi) is 11.3. The Morgan fingerprint density at radius 3 is 2.27 bits per heavy atom. The molecule has 4 rings (SSSR count). The third-order valence-electron chi connectivity index (χ3n) is 6.56. The molecule has 0 saturated carbocycles. The van der Waals surface area contributed by atoms with Crippen LogP contribution in [-0.2, 0) is 11.2 Å². The normalized spacial score (nSPS) is 12.5. The number of carbonyl (C=O) groups is 2. The van der Waals surface area contributed by atoms with Gasteiger partial charge in [-0.1, -0.05) is 36.4 Å². The van der Waals surface area contributed by atoms with E-state index < -0.39 is 0 Å². The number of nitrogens with zero attached hydrogens (tertiary/aromatic N) is 2. The molecule has 2 amide bonds. The average molecular weight is 585 g/mol. The van der Waals surface area contributed by atoms with Gasteiger partial charge < -0.3 is 25.3 Å². The summed E-state index contributed by atoms with van der Waals surface area (Å²) in [5.41, 5.74) is 4.17. The van der Waals surface area contributed by atoms with Crippen LogP contribution in [0.1, 0.15) is 34.5 Å². The monoisotopic (exact) mass is 583 g/mol. The van der Waals surface area contributed by atoms with Gasteiger partial charge in [0.2, 0.25) is 5.91 Å². The Hall–Kier alpha value is -3.49. The zero-order valence-corrected chi connectivity index (χ0v) is 23.9. The minimum absolute atomic E-state index is 0.0382. The second-order valence-electron chi connectivity index (χ2n) is 9.39. The number of carbonyl (C=O) groups excluding carboxylic acids is 2. The topological polar surface area (TPSA) is 99.0 Å². The lowest BCUT2D eigenvalue weighted by atomic mass is 10.1. The number of aryl methyl sites for hydroxylation is 1. The summed E-state index contributed by atoms with van der Waals surface area (Å²) in [6.07, 6.45) is 1.97. The van der Waals surface area contributed by atoms with E-state index in [1.807, 2.05) is 24.3 Å². The fraction of sp³-hybridized carbons (Fsp3) is 0.367. The molecule has 0 aliphatic carbocycles. The molecule has 1 aromatic heterocycles. The van der Waals surface area contributed by atoms with Crippen molar-refractivity contribution in [2.24, 2.45) is 4.99 Å². The molecule has 10 heteroatoms. The molecule has 0 unspecified atom stereocenters. The average Bonchev–Trinajstić information content (AvgIpc) is 3.69. The van der Waals surface area contributed by atoms with E-state index in [9.17, 15) is 9.59 Å². The first kappa shape index (κ1) is 29.5. The molecule has 0 fully saturated rings. The number of hydrogen-bond donors (Lipinski definition) is 3. The quantitative estimate of drug-likeness (QED) is 0.181. The third-order valence-corrected chi connectivity index (χ3v) is 6.90. The molecule has 0 spiro atoms. The smallest absolute Gasteiger partial charge is 0.287 e. The Morgan fingerprint density at radius 2 is 1.60 bits per heavy atom. The molecule has 1 aliphatic heterocycles. The maximum atomic E-state index is 12.5. The summed E-state index contributed by atoms with van der Waals surface area (Å²) >= 11 is 11.8. The zero-order valence-electron chi connectivity index (χ0n) is 22.4. The number of aliphatic imine (C=N–C) groups is 1. The van der Waals surface area contributed by atoms with Gasteiger partial charge >= 0.3 is 0 Å². The maximum Gasteiger partial charge on any atom is 0.287 e. The summed E-state index contributed by atoms with van der Waals surface area (Å²) in [6, 6.07) is 19.6. The van der Waals surface area contributed by atoms with Gasteiger partial charge in [-0.3, -0.25) is 14.6 Å². The van der Waals surface area contributed by atoms with Crippen molar-refractivity contribution >= 4 is 46.5 Å². The minimum atomic E-state index is -0.319. The van der Waals surface area contributed by atoms with Crippen molar-refractivity contribution in [1.29, 1.82) is 0 Å². The van der Waals surface area contributed by atoms with Crippen molar-refractivity contribution in [3.63, 3.8) is 0 Å². The summed E-state index contributed by atoms with van der Waals surface area (Å²) in [4.78, 5) is 31.3. The van der Waals surface area contributed by atoms with E-state index in [2.05, 4.69) is 50.1 Å². The molecule has 1 aliphatic rings. The SMILES string of the molecule is O=C(CCCc1ccc(N(CCCl)CCCl)cc1)NCCNC(=O)c1ccc(-c2ccc(C3=NCCN3)cc2)o1. The van der Waals surface area contributed by atoms with E-state index in [1.165, 1.54) is 5.56 Å². The molecule has 212 valence electrons. The van der Waals surface area contributed by atoms with Crippen LogP contribution in [0.5, 0.6) is 0 Å². The number of benzene rings is 2. The summed E-state index contributed by atoms with van der Waals surface area (Å²) in [5.74, 6) is 2.48. The van der Waals surface area contributed by atoms with Gasteiger partial charge in [0.25, 0.3) is 5.91 Å². The van der Waals surface area contributed by atoms with Gasteiger partial charge in [-0.2, -0.15) is 0 Å². The number of furan rings is 1. The van der Waals surface area contributed by atoms with Crippen LogP contribution in [0.3, 0.4) is 0 Å². The first-order chi connectivity index (χ1) is 19.6. The van der Waals surface area contributed by atoms with Crippen LogP contribution in [0.25, 0.3) is 11.3 Å². The Bertz CT molecular complexity index is 1270. The van der Waals surface area contributed by atoms with Crippen LogP contribution in [0, 0.1) is 0 Å². The molecule has 0 atom stereocenters. The van der Waals surface area contributed by atoms with Crippen molar-refractivity contribution in [2.45, 2.75) is 19.3 Å². The van der Waals surface area contributed by atoms with Gasteiger partial charge in [0.1, 0.15) is 11.6 Å². The van der Waals surface area contributed by atoms with E-state index >= 15 is 0 Å². The van der Waals surface area contributed by atoms with Crippen LogP contribution < -0.4 is 20.9 Å². The van der Waals surface area contributed by atoms with Crippen molar-refractivity contribution in [3.8, 4) is 11.3 Å². The summed E-state index contributed by atoms with van der Waals surface area (Å²) in [7, 11) is 0. The highest BCUT2D eigenvalue weighted by molar-refractivity contribution is 6.18. The number of amidine groups is 1. The number of halogens is 2. The van der Waals surface area contributed by atoms with Crippen molar-refractivity contribution in [2.75, 3.05) is 55.9 Å². The summed E-state index contributed by atoms with van der Waals surface area (Å²) in [6.45, 7) is 3.81. The Morgan fingerprint density at radius 1 is 0.900 bits per heavy atom. The Balaban J connectivity index is 1.13. The molecule has 0 bridgehead atoms. The molecule has 3 aromatic rings. The highest BCUT2D eigenvalue weighted by Crippen LogP contribution is 2.23. The van der Waals surface area contributed by atoms with Crippen molar-refractivity contribution < 1.29 is 14.0 Å². The highest BCUT2D eigenvalue weighted by atomic mass is 35.5. The predicted molar refractivity (Wildman–Crippen MR) is 162 cm³/mol. The third kappa shape index (κ3) is 8.50. The molecular formula is C30H35Cl2N5O3. The molecule has 8 nitrogen and oxygen atoms in total. The van der Waals surface area contributed by atoms with Gasteiger partial charge in [0.15, 0.2) is 5.76 Å². The van der Waals surface area contributed by atoms with Crippen molar-refractivity contribution in [3.05, 3.63) is 77.6 Å². The molecule has 0 saturated heterocycles. The van der Waals surface area contributed by atoms with Gasteiger partial charge in [-0.05, 0) is 42.7 Å². The van der Waals surface area contributed by atoms with Crippen LogP contribution in [0.2, 0.25) is 0 Å². The fourth-order valence-electron chi connectivity index (χ4n) is 4.45. The Labute approximate surface area is 245 Å². The van der Waals surface area contributed by atoms with E-state index in [-0.39, 0.29) is 17.6 Å². The number of alkyl halides is 2. The second-order valence-corrected chi connectivity index (χ2v) is 10.1. The lowest BCUT2D eigenvalue weighted by Gasteiger charge is -2.23. The lowest BCUT2D eigenvalue weighted by molar-refractivity contribution is -0.121. The molecule has 0 radical (unpaired) electrons. The lowest BCUT2D eigenvalue weighted by Crippen LogP contribution is -2.34. The van der Waals surface area contributed by atoms with Gasteiger partial charge in [0, 0.05) is 67.7 Å². The van der Waals surface area contributed by atoms with Gasteiger partial charge in [0.05, 0.1) is 6.54 Å². The second kappa shape index (κ2) is 15.3. The van der Waals surface area contributed by atoms with E-state index in [1.54, 1.807) is 12.1 Å². The standard InChI is InChI=1S/C30H35Cl2N5O3/c31-14-20-37(21-15-32)25-10-4-22(5-11-25)2-1-3-28(38)33-16-19-36-30(39)27-13-12-26(40-27)23-6-8-24(9-7-23)29-34-17-18-35-29/h4-13H,1-3,14-21H2,(H,33,38)(H,34,35)(H,36,39). The molecular weight excluding hydrogens is 549 g/mol. The van der Waals surface area contributed by atoms with Gasteiger partial charge in [-0.15, -0.1) is 23.2 Å². The predicted octanol–water partition coefficient (Wildman–Crippen LogP) is 4.45. The van der Waals surface area contributed by atoms with Crippen LogP contribution in [-0.4, -0.2) is 68.7 Å². The van der Waals surface area contributed by atoms with E-state index in [0.29, 0.717) is 37.0 Å². The zero-order chi connectivity index (χ0) is 28.2. The number of nitrogens with one attached hydrogen (secondary N) is 3. The summed E-state index contributed by atoms with van der Waals surface area (Å²) < 4.78 is 5.76. The number of anilines is 1. The number of rotatable bonds is 15. The largest absolute Gasteiger partial charge is 0.451 e. The van der Waals surface area contributed by atoms with Crippen LogP contribution >= 0.6 is 23.2 Å². The fourth-order valence-corrected chi connectivity index (χ4v) is 4.86.